The summed E-state index contributed by atoms with van der Waals surface area (Å²) in [5.74, 6) is -2.62. The number of aryl methyl sites for hydroxylation is 1. The minimum Gasteiger partial charge on any atom is -0.481 e. The van der Waals surface area contributed by atoms with Crippen molar-refractivity contribution in [3.63, 3.8) is 0 Å². The molecule has 0 unspecified atom stereocenters. The predicted molar refractivity (Wildman–Crippen MR) is 84.4 cm³/mol. The zero-order valence-corrected chi connectivity index (χ0v) is 13.5. The second-order valence-electron chi connectivity index (χ2n) is 6.08. The maximum absolute atomic E-state index is 12.6. The maximum Gasteiger partial charge on any atom is 0.333 e. The third-order valence-electron chi connectivity index (χ3n) is 4.54. The number of carbonyl (C=O) groups is 2. The summed E-state index contributed by atoms with van der Waals surface area (Å²) >= 11 is 0. The van der Waals surface area contributed by atoms with Gasteiger partial charge in [-0.3, -0.25) is 9.59 Å². The number of carbonyl (C=O) groups excluding carboxylic acids is 1. The lowest BCUT2D eigenvalue weighted by atomic mass is 9.86. The Hall–Kier alpha value is -2.77. The molecule has 1 aliphatic rings. The number of carboxylic acids is 1. The van der Waals surface area contributed by atoms with Gasteiger partial charge in [0, 0.05) is 25.2 Å². The van der Waals surface area contributed by atoms with Crippen molar-refractivity contribution in [2.75, 3.05) is 13.1 Å². The van der Waals surface area contributed by atoms with E-state index in [1.54, 1.807) is 0 Å². The lowest BCUT2D eigenvalue weighted by molar-refractivity contribution is -0.141. The molecule has 0 aliphatic carbocycles. The molecule has 8 heteroatoms. The summed E-state index contributed by atoms with van der Waals surface area (Å²) in [6.45, 7) is -0.702. The zero-order chi connectivity index (χ0) is 18.1. The lowest BCUT2D eigenvalue weighted by Crippen LogP contribution is -2.30. The topological polar surface area (TPSA) is 75.4 Å². The number of halogens is 2. The number of likely N-dealkylation sites (tertiary alicyclic amines) is 1. The van der Waals surface area contributed by atoms with Crippen LogP contribution in [0, 0.1) is 12.8 Å². The lowest BCUT2D eigenvalue weighted by Gasteiger charge is -2.17. The molecule has 1 aliphatic heterocycles. The van der Waals surface area contributed by atoms with Crippen molar-refractivity contribution in [1.29, 1.82) is 0 Å². The quantitative estimate of drug-likeness (QED) is 0.920. The largest absolute Gasteiger partial charge is 0.481 e. The standard InChI is InChI=1S/C17H17F2N3O3/c1-10-4-2-3-5-11(10)12-8-21(9-13(12)16(24)25)15(23)14-6-7-22(20-14)17(18)19/h2-7,12-13,17H,8-9H2,1H3,(H,24,25)/t12-,13+/m0/s1. The van der Waals surface area contributed by atoms with E-state index < -0.39 is 24.3 Å². The van der Waals surface area contributed by atoms with Gasteiger partial charge in [0.15, 0.2) is 5.69 Å². The van der Waals surface area contributed by atoms with Crippen molar-refractivity contribution in [2.45, 2.75) is 19.4 Å². The molecule has 2 atom stereocenters. The number of alkyl halides is 2. The van der Waals surface area contributed by atoms with E-state index in [9.17, 15) is 23.5 Å². The van der Waals surface area contributed by atoms with E-state index in [1.807, 2.05) is 31.2 Å². The van der Waals surface area contributed by atoms with Crippen molar-refractivity contribution in [3.05, 3.63) is 53.3 Å². The van der Waals surface area contributed by atoms with Crippen LogP contribution in [0.5, 0.6) is 0 Å². The number of aliphatic carboxylic acids is 1. The normalized spacial score (nSPS) is 20.2. The van der Waals surface area contributed by atoms with Crippen molar-refractivity contribution in [3.8, 4) is 0 Å². The Bertz CT molecular complexity index is 806. The third-order valence-corrected chi connectivity index (χ3v) is 4.54. The summed E-state index contributed by atoms with van der Waals surface area (Å²) in [5, 5.41) is 13.1. The highest BCUT2D eigenvalue weighted by atomic mass is 19.3. The first-order valence-corrected chi connectivity index (χ1v) is 7.79. The molecule has 25 heavy (non-hydrogen) atoms. The SMILES string of the molecule is Cc1ccccc1[C@@H]1CN(C(=O)c2ccn(C(F)F)n2)C[C@H]1C(=O)O. The fourth-order valence-corrected chi connectivity index (χ4v) is 3.26. The van der Waals surface area contributed by atoms with Crippen LogP contribution in [0.1, 0.15) is 34.1 Å². The Morgan fingerprint density at radius 1 is 1.24 bits per heavy atom. The summed E-state index contributed by atoms with van der Waals surface area (Å²) in [4.78, 5) is 25.5. The van der Waals surface area contributed by atoms with Gasteiger partial charge in [0.2, 0.25) is 0 Å². The Morgan fingerprint density at radius 2 is 1.96 bits per heavy atom. The highest BCUT2D eigenvalue weighted by Crippen LogP contribution is 2.35. The maximum atomic E-state index is 12.6. The van der Waals surface area contributed by atoms with Crippen LogP contribution in [0.2, 0.25) is 0 Å². The van der Waals surface area contributed by atoms with Gasteiger partial charge in [-0.15, -0.1) is 0 Å². The molecule has 0 spiro atoms. The predicted octanol–water partition coefficient (Wildman–Crippen LogP) is 2.53. The van der Waals surface area contributed by atoms with Gasteiger partial charge in [-0.1, -0.05) is 24.3 Å². The molecule has 0 radical (unpaired) electrons. The minimum absolute atomic E-state index is 0.0225. The smallest absolute Gasteiger partial charge is 0.333 e. The molecular formula is C17H17F2N3O3. The van der Waals surface area contributed by atoms with Gasteiger partial charge in [0.05, 0.1) is 5.92 Å². The molecule has 1 aromatic heterocycles. The highest BCUT2D eigenvalue weighted by Gasteiger charge is 2.41. The van der Waals surface area contributed by atoms with Crippen molar-refractivity contribution >= 4 is 11.9 Å². The molecule has 132 valence electrons. The van der Waals surface area contributed by atoms with Crippen LogP contribution in [-0.2, 0) is 4.79 Å². The number of carboxylic acid groups (broad SMARTS) is 1. The van der Waals surface area contributed by atoms with Gasteiger partial charge in [-0.05, 0) is 24.1 Å². The summed E-state index contributed by atoms with van der Waals surface area (Å²) in [6.07, 6.45) is 1.03. The van der Waals surface area contributed by atoms with E-state index >= 15 is 0 Å². The second-order valence-corrected chi connectivity index (χ2v) is 6.08. The zero-order valence-electron chi connectivity index (χ0n) is 13.5. The average molecular weight is 349 g/mol. The van der Waals surface area contributed by atoms with E-state index in [4.69, 9.17) is 0 Å². The summed E-state index contributed by atoms with van der Waals surface area (Å²) in [7, 11) is 0. The van der Waals surface area contributed by atoms with Crippen LogP contribution >= 0.6 is 0 Å². The van der Waals surface area contributed by atoms with Crippen molar-refractivity contribution < 1.29 is 23.5 Å². The van der Waals surface area contributed by atoms with Crippen LogP contribution in [0.3, 0.4) is 0 Å². The molecule has 2 aromatic rings. The van der Waals surface area contributed by atoms with Gasteiger partial charge in [-0.25, -0.2) is 4.68 Å². The van der Waals surface area contributed by atoms with Gasteiger partial charge in [0.1, 0.15) is 0 Å². The fourth-order valence-electron chi connectivity index (χ4n) is 3.26. The molecule has 0 saturated carbocycles. The first-order chi connectivity index (χ1) is 11.9. The van der Waals surface area contributed by atoms with Crippen molar-refractivity contribution in [2.24, 2.45) is 5.92 Å². The molecule has 6 nitrogen and oxygen atoms in total. The van der Waals surface area contributed by atoms with E-state index in [0.717, 1.165) is 17.3 Å². The molecule has 1 aromatic carbocycles. The molecule has 2 heterocycles. The number of rotatable bonds is 4. The van der Waals surface area contributed by atoms with E-state index in [2.05, 4.69) is 5.10 Å². The molecule has 3 rings (SSSR count). The number of hydrogen-bond donors (Lipinski definition) is 1. The van der Waals surface area contributed by atoms with Gasteiger partial charge in [0.25, 0.3) is 5.91 Å². The van der Waals surface area contributed by atoms with Gasteiger partial charge < -0.3 is 10.0 Å². The Morgan fingerprint density at radius 3 is 2.56 bits per heavy atom. The Balaban J connectivity index is 1.85. The summed E-state index contributed by atoms with van der Waals surface area (Å²) < 4.78 is 25.6. The Labute approximate surface area is 142 Å². The van der Waals surface area contributed by atoms with Crippen LogP contribution in [-0.4, -0.2) is 44.8 Å². The summed E-state index contributed by atoms with van der Waals surface area (Å²) in [6, 6.07) is 8.66. The Kier molecular flexibility index (Phi) is 4.52. The van der Waals surface area contributed by atoms with Crippen LogP contribution in [0.4, 0.5) is 8.78 Å². The van der Waals surface area contributed by atoms with E-state index in [-0.39, 0.29) is 24.7 Å². The first kappa shape index (κ1) is 17.1. The number of aromatic nitrogens is 2. The highest BCUT2D eigenvalue weighted by molar-refractivity contribution is 5.93. The molecule has 1 amide bonds. The fraction of sp³-hybridized carbons (Fsp3) is 0.353. The number of nitrogens with zero attached hydrogens (tertiary/aromatic N) is 3. The molecule has 1 saturated heterocycles. The van der Waals surface area contributed by atoms with Crippen LogP contribution in [0.25, 0.3) is 0 Å². The van der Waals surface area contributed by atoms with Crippen molar-refractivity contribution in [1.82, 2.24) is 14.7 Å². The van der Waals surface area contributed by atoms with E-state index in [0.29, 0.717) is 4.68 Å². The van der Waals surface area contributed by atoms with E-state index in [1.165, 1.54) is 11.0 Å². The molecular weight excluding hydrogens is 332 g/mol. The van der Waals surface area contributed by atoms with Crippen LogP contribution in [0.15, 0.2) is 36.5 Å². The number of benzene rings is 1. The first-order valence-electron chi connectivity index (χ1n) is 7.79. The molecule has 0 bridgehead atoms. The average Bonchev–Trinajstić information content (AvgIpc) is 3.22. The number of hydrogen-bond acceptors (Lipinski definition) is 3. The molecule has 1 N–H and O–H groups in total. The minimum atomic E-state index is -2.83. The summed E-state index contributed by atoms with van der Waals surface area (Å²) in [5.41, 5.74) is 1.72. The van der Waals surface area contributed by atoms with Gasteiger partial charge in [-0.2, -0.15) is 13.9 Å². The second kappa shape index (κ2) is 6.62. The monoisotopic (exact) mass is 349 g/mol. The van der Waals surface area contributed by atoms with Crippen LogP contribution < -0.4 is 0 Å². The van der Waals surface area contributed by atoms with Gasteiger partial charge >= 0.3 is 12.5 Å². The number of amides is 1. The molecule has 1 fully saturated rings. The third kappa shape index (κ3) is 3.24.